The summed E-state index contributed by atoms with van der Waals surface area (Å²) in [6.07, 6.45) is 0. The highest BCUT2D eigenvalue weighted by molar-refractivity contribution is 6.96. The maximum Gasteiger partial charge on any atom is 0.422 e. The molecule has 17 aromatic rings. The Bertz CT molecular complexity index is 6630. The van der Waals surface area contributed by atoms with Gasteiger partial charge in [0.05, 0.1) is 0 Å². The van der Waals surface area contributed by atoms with E-state index in [9.17, 15) is 0 Å². The Morgan fingerprint density at radius 2 is 0.282 bits per heavy atom. The van der Waals surface area contributed by atoms with Gasteiger partial charge in [0, 0.05) is 169 Å². The van der Waals surface area contributed by atoms with Crippen molar-refractivity contribution in [1.82, 2.24) is 0 Å². The van der Waals surface area contributed by atoms with Crippen molar-refractivity contribution >= 4 is 176 Å². The number of rotatable bonds is 10. The van der Waals surface area contributed by atoms with Gasteiger partial charge in [0.1, 0.15) is 0 Å². The smallest absolute Gasteiger partial charge is 0.361 e. The monoisotopic (exact) mass is 1480 g/mol. The van der Waals surface area contributed by atoms with Crippen molar-refractivity contribution < 1.29 is 0 Å². The second kappa shape index (κ2) is 23.8. The number of benzene rings is 17. The Kier molecular flexibility index (Phi) is 12.9. The standard InChI is InChI=1S/C102H65B5N10/c1-11-35-66(36-12-1)108-80-57-33-31-55-76(80)78-59-61-82-90-92-84(112(103(108)98(78)90)70-43-19-5-20-44-70)63-88-94-96-86(114(72-47-23-7-24-48-72)105(100(92)94)110(82)68-39-15-3-16-40-68)65-87-97-95-89(117(75-53-29-10-30-54-75)107(102(96)97)116(88)74-51-27-9-28-52-74)64-85-93-91-83(111(69-41-17-4-18-42-69)106(101(93)95)115(87)73-49-25-8-26-50-73)62-60-79-77-56-32-34-58-81(77)109(67-37-13-2-14-38-67)104(99(79)91)113(85)71-45-21-6-22-46-71/h1-65H. The number of anilines is 20. The quantitative estimate of drug-likeness (QED) is 0.124. The van der Waals surface area contributed by atoms with Gasteiger partial charge in [-0.1, -0.05) is 231 Å². The number of hydrogen-bond acceptors (Lipinski definition) is 10. The molecule has 0 bridgehead atoms. The van der Waals surface area contributed by atoms with Crippen LogP contribution in [0, 0.1) is 0 Å². The summed E-state index contributed by atoms with van der Waals surface area (Å²) in [5, 5.41) is 0. The molecule has 117 heavy (non-hydrogen) atoms. The van der Waals surface area contributed by atoms with Gasteiger partial charge in [-0.05, 0) is 202 Å². The predicted molar refractivity (Wildman–Crippen MR) is 492 cm³/mol. The maximum atomic E-state index is 2.79. The van der Waals surface area contributed by atoms with E-state index in [0.717, 1.165) is 114 Å². The summed E-state index contributed by atoms with van der Waals surface area (Å²) >= 11 is 0. The fourth-order valence-corrected chi connectivity index (χ4v) is 22.4. The van der Waals surface area contributed by atoms with Crippen LogP contribution in [-0.4, -0.2) is 34.9 Å². The van der Waals surface area contributed by atoms with Gasteiger partial charge in [0.15, 0.2) is 0 Å². The van der Waals surface area contributed by atoms with Crippen LogP contribution in [0.3, 0.4) is 0 Å². The average molecular weight is 1480 g/mol. The van der Waals surface area contributed by atoms with E-state index < -0.39 is 20.9 Å². The zero-order valence-corrected chi connectivity index (χ0v) is 63.4. The van der Waals surface area contributed by atoms with Crippen molar-refractivity contribution in [1.29, 1.82) is 0 Å². The number of para-hydroxylation sites is 12. The van der Waals surface area contributed by atoms with Crippen molar-refractivity contribution in [3.63, 3.8) is 0 Å². The van der Waals surface area contributed by atoms with Crippen LogP contribution in [0.5, 0.6) is 0 Å². The molecule has 0 saturated carbocycles. The van der Waals surface area contributed by atoms with Crippen LogP contribution in [0.1, 0.15) is 0 Å². The lowest BCUT2D eigenvalue weighted by atomic mass is 9.42. The van der Waals surface area contributed by atoms with Crippen LogP contribution in [0.25, 0.3) is 66.8 Å². The van der Waals surface area contributed by atoms with E-state index in [1.54, 1.807) is 0 Å². The highest BCUT2D eigenvalue weighted by Crippen LogP contribution is 2.66. The summed E-state index contributed by atoms with van der Waals surface area (Å²) in [5.74, 6) is 0. The van der Waals surface area contributed by atoms with Gasteiger partial charge in [-0.3, -0.25) is 0 Å². The van der Waals surface area contributed by atoms with Crippen LogP contribution in [0.15, 0.2) is 394 Å². The Labute approximate surface area is 680 Å². The Balaban J connectivity index is 0.864. The summed E-state index contributed by atoms with van der Waals surface area (Å²) < 4.78 is 0. The van der Waals surface area contributed by atoms with E-state index in [1.165, 1.54) is 94.1 Å². The molecule has 10 heterocycles. The average Bonchev–Trinajstić information content (AvgIpc) is 0.642. The number of hydrogen-bond donors (Lipinski definition) is 0. The van der Waals surface area contributed by atoms with E-state index in [-0.39, 0.29) is 14.0 Å². The van der Waals surface area contributed by atoms with Crippen LogP contribution < -0.4 is 75.4 Å². The first-order valence-electron chi connectivity index (χ1n) is 40.8. The minimum absolute atomic E-state index is 0.360. The molecule has 0 aromatic heterocycles. The summed E-state index contributed by atoms with van der Waals surface area (Å²) in [5.41, 5.74) is 43.7. The lowest BCUT2D eigenvalue weighted by Gasteiger charge is -2.59. The SMILES string of the molecule is c1ccc(N2B3c4c(ccc5c4-c4c(cc6c7c4B(N5c4ccccc4)N(c4ccccc4)c4cc5c8c(c4-7)B(N6c4ccccc4)N(c4ccccc4)c4cc6c7c(c4-8)B(N(c4ccccc4)c4ccc8c(c4-7)B(N(c4ccccc4)c4ccccc4-8)N6c4ccccc4)N5c4ccccc4)N3c3ccccc3)-c3ccccc32)cc1. The predicted octanol–water partition coefficient (Wildman–Crippen LogP) is 21.7. The topological polar surface area (TPSA) is 32.4 Å². The molecular weight excluding hydrogens is 1420 g/mol. The largest absolute Gasteiger partial charge is 0.422 e. The second-order valence-electron chi connectivity index (χ2n) is 32.0. The van der Waals surface area contributed by atoms with Gasteiger partial charge in [-0.25, -0.2) is 0 Å². The summed E-state index contributed by atoms with van der Waals surface area (Å²) in [4.78, 5) is 27.3. The first-order chi connectivity index (χ1) is 58.2. The molecule has 0 amide bonds. The molecule has 538 valence electrons. The third kappa shape index (κ3) is 8.33. The summed E-state index contributed by atoms with van der Waals surface area (Å²) in [6, 6.07) is 149. The Morgan fingerprint density at radius 3 is 0.496 bits per heavy atom. The normalized spacial score (nSPS) is 14.8. The van der Waals surface area contributed by atoms with Crippen molar-refractivity contribution in [2.24, 2.45) is 0 Å². The van der Waals surface area contributed by atoms with Crippen molar-refractivity contribution in [2.75, 3.05) is 48.1 Å². The van der Waals surface area contributed by atoms with E-state index in [4.69, 9.17) is 0 Å². The number of nitrogens with zero attached hydrogens (tertiary/aromatic N) is 10. The minimum Gasteiger partial charge on any atom is -0.361 e. The zero-order chi connectivity index (χ0) is 76.0. The maximum absolute atomic E-state index is 2.79. The third-order valence-corrected chi connectivity index (χ3v) is 26.5. The van der Waals surface area contributed by atoms with Gasteiger partial charge in [0.2, 0.25) is 0 Å². The lowest BCUT2D eigenvalue weighted by molar-refractivity contribution is 1.19. The third-order valence-electron chi connectivity index (χ3n) is 26.5. The van der Waals surface area contributed by atoms with Gasteiger partial charge in [0.25, 0.3) is 0 Å². The summed E-state index contributed by atoms with van der Waals surface area (Å²) in [7, 11) is 0. The molecule has 0 aliphatic carbocycles. The molecule has 27 rings (SSSR count). The van der Waals surface area contributed by atoms with E-state index in [2.05, 4.69) is 442 Å². The van der Waals surface area contributed by atoms with Crippen LogP contribution >= 0.6 is 0 Å². The molecule has 0 spiro atoms. The fourth-order valence-electron chi connectivity index (χ4n) is 22.4. The molecule has 0 unspecified atom stereocenters. The first kappa shape index (κ1) is 63.6. The Hall–Kier alpha value is -14.9. The van der Waals surface area contributed by atoms with E-state index >= 15 is 0 Å². The molecule has 0 atom stereocenters. The molecule has 10 aliphatic rings. The fraction of sp³-hybridized carbons (Fsp3) is 0. The van der Waals surface area contributed by atoms with Crippen LogP contribution in [0.2, 0.25) is 0 Å². The Morgan fingerprint density at radius 1 is 0.120 bits per heavy atom. The van der Waals surface area contributed by atoms with Crippen molar-refractivity contribution in [3.05, 3.63) is 394 Å². The van der Waals surface area contributed by atoms with Crippen molar-refractivity contribution in [3.8, 4) is 66.8 Å². The van der Waals surface area contributed by atoms with E-state index in [1.807, 2.05) is 0 Å². The molecule has 0 fully saturated rings. The van der Waals surface area contributed by atoms with Gasteiger partial charge < -0.3 is 48.1 Å². The second-order valence-corrected chi connectivity index (χ2v) is 32.0. The van der Waals surface area contributed by atoms with Gasteiger partial charge >= 0.3 is 34.9 Å². The van der Waals surface area contributed by atoms with Gasteiger partial charge in [-0.2, -0.15) is 0 Å². The molecule has 10 aliphatic heterocycles. The first-order valence-corrected chi connectivity index (χ1v) is 40.8. The molecule has 0 N–H and O–H groups in total. The molecule has 15 heteroatoms. The van der Waals surface area contributed by atoms with Crippen LogP contribution in [0.4, 0.5) is 114 Å². The highest BCUT2D eigenvalue weighted by Gasteiger charge is 2.64. The van der Waals surface area contributed by atoms with E-state index in [0.29, 0.717) is 0 Å². The molecule has 0 saturated heterocycles. The van der Waals surface area contributed by atoms with Gasteiger partial charge in [-0.15, -0.1) is 0 Å². The lowest BCUT2D eigenvalue weighted by Crippen LogP contribution is -2.71. The summed E-state index contributed by atoms with van der Waals surface area (Å²) in [6.45, 7) is -2.18. The molecule has 0 radical (unpaired) electrons. The van der Waals surface area contributed by atoms with Crippen LogP contribution in [-0.2, 0) is 0 Å². The van der Waals surface area contributed by atoms with Crippen molar-refractivity contribution in [2.45, 2.75) is 0 Å². The minimum atomic E-state index is -0.531. The molecule has 17 aromatic carbocycles. The molecule has 10 nitrogen and oxygen atoms in total. The number of fused-ring (bicyclic) bond motifs is 4. The zero-order valence-electron chi connectivity index (χ0n) is 63.4. The molecular formula is C102H65B5N10. The highest BCUT2D eigenvalue weighted by atomic mass is 15.3.